The number of nitrogens with zero attached hydrogens (tertiary/aromatic N) is 2. The van der Waals surface area contributed by atoms with E-state index in [9.17, 15) is 26.3 Å². The van der Waals surface area contributed by atoms with Crippen molar-refractivity contribution < 1.29 is 35.8 Å². The first-order valence-electron chi connectivity index (χ1n) is 7.26. The van der Waals surface area contributed by atoms with Gasteiger partial charge in [-0.15, -0.1) is 0 Å². The van der Waals surface area contributed by atoms with Crippen molar-refractivity contribution in [1.29, 1.82) is 0 Å². The van der Waals surface area contributed by atoms with Crippen LogP contribution in [0.15, 0.2) is 41.6 Å². The van der Waals surface area contributed by atoms with Gasteiger partial charge < -0.3 is 9.47 Å². The average molecular weight is 410 g/mol. The first-order chi connectivity index (χ1) is 12.5. The molecule has 0 saturated carbocycles. The monoisotopic (exact) mass is 410 g/mol. The fourth-order valence-corrected chi connectivity index (χ4v) is 2.29. The predicted molar refractivity (Wildman–Crippen MR) is 86.3 cm³/mol. The standard InChI is InChI=1S/C16H12F6N2O2S/c1-3-14(27-16(20,21)22)26-13-7-9(2)6-12(24-13)25-10-4-5-23-11(8-10)15(17,18)19/h3-8H,1-2H3. The summed E-state index contributed by atoms with van der Waals surface area (Å²) in [5.41, 5.74) is -5.18. The molecule has 0 fully saturated rings. The summed E-state index contributed by atoms with van der Waals surface area (Å²) < 4.78 is 85.9. The topological polar surface area (TPSA) is 44.2 Å². The van der Waals surface area contributed by atoms with Gasteiger partial charge in [0.2, 0.25) is 11.8 Å². The SMILES string of the molecule is CC=C(Oc1cc(C)cc(Oc2ccnc(C(F)(F)F)c2)n1)SC(F)(F)F. The highest BCUT2D eigenvalue weighted by atomic mass is 32.2. The normalized spacial score (nSPS) is 12.8. The maximum Gasteiger partial charge on any atom is 0.449 e. The third-order valence-corrected chi connectivity index (χ3v) is 3.58. The second-order valence-corrected chi connectivity index (χ2v) is 6.12. The van der Waals surface area contributed by atoms with Gasteiger partial charge in [0.15, 0.2) is 5.09 Å². The van der Waals surface area contributed by atoms with Crippen molar-refractivity contribution in [2.45, 2.75) is 25.5 Å². The van der Waals surface area contributed by atoms with Crippen LogP contribution < -0.4 is 9.47 Å². The lowest BCUT2D eigenvalue weighted by molar-refractivity contribution is -0.141. The number of alkyl halides is 6. The number of thioether (sulfide) groups is 1. The molecule has 2 aromatic rings. The highest BCUT2D eigenvalue weighted by molar-refractivity contribution is 8.03. The average Bonchev–Trinajstić information content (AvgIpc) is 2.51. The zero-order chi connectivity index (χ0) is 20.2. The van der Waals surface area contributed by atoms with Crippen LogP contribution in [0.25, 0.3) is 0 Å². The second kappa shape index (κ2) is 8.07. The van der Waals surface area contributed by atoms with Gasteiger partial charge in [-0.3, -0.25) is 4.98 Å². The Hall–Kier alpha value is -2.43. The lowest BCUT2D eigenvalue weighted by atomic mass is 10.3. The largest absolute Gasteiger partial charge is 0.449 e. The van der Waals surface area contributed by atoms with Gasteiger partial charge in [-0.25, -0.2) is 0 Å². The molecular formula is C16H12F6N2O2S. The van der Waals surface area contributed by atoms with Gasteiger partial charge in [0.25, 0.3) is 0 Å². The summed E-state index contributed by atoms with van der Waals surface area (Å²) in [6.07, 6.45) is -2.62. The van der Waals surface area contributed by atoms with Gasteiger partial charge in [0.1, 0.15) is 11.4 Å². The van der Waals surface area contributed by atoms with Crippen molar-refractivity contribution in [3.05, 3.63) is 52.9 Å². The van der Waals surface area contributed by atoms with Crippen molar-refractivity contribution >= 4 is 11.8 Å². The molecule has 0 unspecified atom stereocenters. The molecule has 27 heavy (non-hydrogen) atoms. The molecule has 0 bridgehead atoms. The van der Waals surface area contributed by atoms with Crippen LogP contribution in [0.1, 0.15) is 18.2 Å². The van der Waals surface area contributed by atoms with E-state index in [1.54, 1.807) is 6.92 Å². The van der Waals surface area contributed by atoms with Crippen LogP contribution >= 0.6 is 11.8 Å². The Labute approximate surface area is 154 Å². The smallest absolute Gasteiger partial charge is 0.439 e. The Balaban J connectivity index is 2.23. The van der Waals surface area contributed by atoms with Crippen LogP contribution in [0.4, 0.5) is 26.3 Å². The lowest BCUT2D eigenvalue weighted by Crippen LogP contribution is -2.07. The van der Waals surface area contributed by atoms with E-state index < -0.39 is 34.2 Å². The fourth-order valence-electron chi connectivity index (χ4n) is 1.82. The molecule has 0 aliphatic carbocycles. The minimum Gasteiger partial charge on any atom is -0.439 e. The van der Waals surface area contributed by atoms with E-state index in [1.165, 1.54) is 25.1 Å². The molecule has 11 heteroatoms. The molecular weight excluding hydrogens is 398 g/mol. The Kier molecular flexibility index (Phi) is 6.24. The third-order valence-electron chi connectivity index (χ3n) is 2.82. The molecule has 0 N–H and O–H groups in total. The highest BCUT2D eigenvalue weighted by Crippen LogP contribution is 2.37. The summed E-state index contributed by atoms with van der Waals surface area (Å²) in [6, 6.07) is 4.63. The van der Waals surface area contributed by atoms with E-state index in [2.05, 4.69) is 9.97 Å². The summed E-state index contributed by atoms with van der Waals surface area (Å²) in [6.45, 7) is 2.96. The molecule has 2 rings (SSSR count). The maximum atomic E-state index is 12.7. The Bertz CT molecular complexity index is 836. The van der Waals surface area contributed by atoms with E-state index in [4.69, 9.17) is 9.47 Å². The first kappa shape index (κ1) is 20.9. The van der Waals surface area contributed by atoms with Crippen molar-refractivity contribution in [3.8, 4) is 17.5 Å². The highest BCUT2D eigenvalue weighted by Gasteiger charge is 2.33. The number of pyridine rings is 2. The van der Waals surface area contributed by atoms with Crippen LogP contribution in [-0.4, -0.2) is 15.5 Å². The van der Waals surface area contributed by atoms with Crippen molar-refractivity contribution in [1.82, 2.24) is 9.97 Å². The molecule has 0 aliphatic rings. The molecule has 0 atom stereocenters. The van der Waals surface area contributed by atoms with Crippen LogP contribution in [0.5, 0.6) is 17.5 Å². The van der Waals surface area contributed by atoms with Gasteiger partial charge >= 0.3 is 11.7 Å². The zero-order valence-electron chi connectivity index (χ0n) is 13.9. The Morgan fingerprint density at radius 3 is 2.33 bits per heavy atom. The molecule has 0 amide bonds. The van der Waals surface area contributed by atoms with Crippen LogP contribution in [0.2, 0.25) is 0 Å². The van der Waals surface area contributed by atoms with E-state index in [0.29, 0.717) is 11.6 Å². The molecule has 0 spiro atoms. The summed E-state index contributed by atoms with van der Waals surface area (Å²) >= 11 is -0.458. The van der Waals surface area contributed by atoms with E-state index in [1.807, 2.05) is 0 Å². The zero-order valence-corrected chi connectivity index (χ0v) is 14.7. The number of aromatic nitrogens is 2. The predicted octanol–water partition coefficient (Wildman–Crippen LogP) is 6.09. The van der Waals surface area contributed by atoms with Gasteiger partial charge in [0.05, 0.1) is 0 Å². The molecule has 4 nitrogen and oxygen atoms in total. The molecule has 2 heterocycles. The molecule has 146 valence electrons. The molecule has 0 aliphatic heterocycles. The number of ether oxygens (including phenoxy) is 2. The van der Waals surface area contributed by atoms with Gasteiger partial charge in [0, 0.05) is 36.2 Å². The number of halogens is 6. The second-order valence-electron chi connectivity index (χ2n) is 5.06. The number of rotatable bonds is 5. The lowest BCUT2D eigenvalue weighted by Gasteiger charge is -2.13. The van der Waals surface area contributed by atoms with Gasteiger partial charge in [-0.2, -0.15) is 31.3 Å². The third kappa shape index (κ3) is 6.66. The summed E-state index contributed by atoms with van der Waals surface area (Å²) in [5.74, 6) is -0.519. The molecule has 2 aromatic heterocycles. The van der Waals surface area contributed by atoms with E-state index >= 15 is 0 Å². The van der Waals surface area contributed by atoms with Crippen molar-refractivity contribution in [3.63, 3.8) is 0 Å². The molecule has 0 aromatic carbocycles. The first-order valence-corrected chi connectivity index (χ1v) is 8.07. The fraction of sp³-hybridized carbons (Fsp3) is 0.250. The number of hydrogen-bond acceptors (Lipinski definition) is 5. The Morgan fingerprint density at radius 1 is 1.07 bits per heavy atom. The summed E-state index contributed by atoms with van der Waals surface area (Å²) in [5, 5.41) is -0.449. The number of aryl methyl sites for hydroxylation is 1. The van der Waals surface area contributed by atoms with Gasteiger partial charge in [-0.05, 0) is 31.6 Å². The molecule has 0 radical (unpaired) electrons. The Morgan fingerprint density at radius 2 is 1.74 bits per heavy atom. The van der Waals surface area contributed by atoms with E-state index in [0.717, 1.165) is 12.3 Å². The minimum absolute atomic E-state index is 0.142. The van der Waals surface area contributed by atoms with Crippen LogP contribution in [0.3, 0.4) is 0 Å². The summed E-state index contributed by atoms with van der Waals surface area (Å²) in [4.78, 5) is 7.08. The van der Waals surface area contributed by atoms with E-state index in [-0.39, 0.29) is 17.5 Å². The quantitative estimate of drug-likeness (QED) is 0.441. The summed E-state index contributed by atoms with van der Waals surface area (Å²) in [7, 11) is 0. The van der Waals surface area contributed by atoms with Crippen molar-refractivity contribution in [2.24, 2.45) is 0 Å². The minimum atomic E-state index is -4.65. The van der Waals surface area contributed by atoms with Crippen LogP contribution in [0, 0.1) is 6.92 Å². The van der Waals surface area contributed by atoms with Crippen molar-refractivity contribution in [2.75, 3.05) is 0 Å². The number of allylic oxidation sites excluding steroid dienone is 1. The van der Waals surface area contributed by atoms with Crippen LogP contribution in [-0.2, 0) is 6.18 Å². The number of hydrogen-bond donors (Lipinski definition) is 0. The molecule has 0 saturated heterocycles. The maximum absolute atomic E-state index is 12.7. The van der Waals surface area contributed by atoms with Gasteiger partial charge in [-0.1, -0.05) is 0 Å².